The maximum atomic E-state index is 12.8. The molecule has 25 heavy (non-hydrogen) atoms. The Labute approximate surface area is 141 Å². The molecular weight excluding hydrogens is 359 g/mol. The second-order valence-electron chi connectivity index (χ2n) is 5.34. The lowest BCUT2D eigenvalue weighted by atomic mass is 10.1. The zero-order valence-corrected chi connectivity index (χ0v) is 13.7. The highest BCUT2D eigenvalue weighted by atomic mass is 32.2. The van der Waals surface area contributed by atoms with E-state index in [-0.39, 0.29) is 34.1 Å². The minimum absolute atomic E-state index is 0.0947. The number of carbonyl (C=O) groups is 1. The second kappa shape index (κ2) is 5.80. The summed E-state index contributed by atoms with van der Waals surface area (Å²) in [6, 6.07) is 3.41. The molecule has 0 aromatic carbocycles. The summed E-state index contributed by atoms with van der Waals surface area (Å²) >= 11 is 0. The van der Waals surface area contributed by atoms with Crippen LogP contribution in [-0.4, -0.2) is 30.0 Å². The summed E-state index contributed by atoms with van der Waals surface area (Å²) in [5.74, 6) is -1.03. The molecule has 0 N–H and O–H groups in total. The molecule has 2 aromatic heterocycles. The Kier molecular flexibility index (Phi) is 4.02. The molecule has 0 bridgehead atoms. The standard InChI is InChI=1S/C15H12F3N3O3S/c1-2-25(23,24)11-4-3-5-19-13(11)21-8-9-7-20-12(15(16,17)18)6-10(9)14(21)22/h3-7H,2,8H2,1H3. The molecule has 132 valence electrons. The molecule has 0 saturated heterocycles. The molecule has 1 amide bonds. The first kappa shape index (κ1) is 17.3. The van der Waals surface area contributed by atoms with E-state index in [1.54, 1.807) is 0 Å². The third-order valence-corrected chi connectivity index (χ3v) is 5.55. The first-order valence-electron chi connectivity index (χ1n) is 7.21. The molecule has 0 radical (unpaired) electrons. The van der Waals surface area contributed by atoms with E-state index in [0.717, 1.165) is 11.1 Å². The largest absolute Gasteiger partial charge is 0.433 e. The molecule has 1 aliphatic heterocycles. The molecule has 2 aromatic rings. The number of anilines is 1. The van der Waals surface area contributed by atoms with Crippen molar-refractivity contribution in [1.82, 2.24) is 9.97 Å². The fourth-order valence-electron chi connectivity index (χ4n) is 2.51. The van der Waals surface area contributed by atoms with Crippen LogP contribution in [0.3, 0.4) is 0 Å². The van der Waals surface area contributed by atoms with Crippen molar-refractivity contribution in [3.8, 4) is 0 Å². The van der Waals surface area contributed by atoms with Crippen molar-refractivity contribution in [2.45, 2.75) is 24.5 Å². The Morgan fingerprint density at radius 2 is 2.00 bits per heavy atom. The number of hydrogen-bond acceptors (Lipinski definition) is 5. The van der Waals surface area contributed by atoms with Crippen molar-refractivity contribution in [2.75, 3.05) is 10.7 Å². The van der Waals surface area contributed by atoms with Gasteiger partial charge in [-0.25, -0.2) is 13.4 Å². The smallest absolute Gasteiger partial charge is 0.287 e. The Balaban J connectivity index is 2.07. The number of alkyl halides is 3. The van der Waals surface area contributed by atoms with Crippen LogP contribution in [0.1, 0.15) is 28.5 Å². The average Bonchev–Trinajstić information content (AvgIpc) is 2.90. The van der Waals surface area contributed by atoms with E-state index in [1.165, 1.54) is 25.3 Å². The highest BCUT2D eigenvalue weighted by Crippen LogP contribution is 2.34. The van der Waals surface area contributed by atoms with E-state index in [2.05, 4.69) is 9.97 Å². The summed E-state index contributed by atoms with van der Waals surface area (Å²) in [7, 11) is -3.66. The van der Waals surface area contributed by atoms with Crippen LogP contribution in [0.15, 0.2) is 35.5 Å². The maximum absolute atomic E-state index is 12.8. The van der Waals surface area contributed by atoms with E-state index in [9.17, 15) is 26.4 Å². The number of hydrogen-bond donors (Lipinski definition) is 0. The van der Waals surface area contributed by atoms with Gasteiger partial charge in [-0.1, -0.05) is 6.92 Å². The molecule has 3 heterocycles. The number of fused-ring (bicyclic) bond motifs is 1. The van der Waals surface area contributed by atoms with Crippen LogP contribution in [0.4, 0.5) is 19.0 Å². The summed E-state index contributed by atoms with van der Waals surface area (Å²) < 4.78 is 62.8. The fourth-order valence-corrected chi connectivity index (χ4v) is 3.54. The molecule has 0 fully saturated rings. The van der Waals surface area contributed by atoms with Crippen molar-refractivity contribution in [1.29, 1.82) is 0 Å². The lowest BCUT2D eigenvalue weighted by Crippen LogP contribution is -2.26. The van der Waals surface area contributed by atoms with E-state index < -0.39 is 27.6 Å². The number of nitrogens with zero attached hydrogens (tertiary/aromatic N) is 3. The topological polar surface area (TPSA) is 80.2 Å². The van der Waals surface area contributed by atoms with Gasteiger partial charge in [0.1, 0.15) is 10.6 Å². The lowest BCUT2D eigenvalue weighted by molar-refractivity contribution is -0.141. The van der Waals surface area contributed by atoms with Gasteiger partial charge in [-0.15, -0.1) is 0 Å². The van der Waals surface area contributed by atoms with Crippen molar-refractivity contribution >= 4 is 21.6 Å². The molecular formula is C15H12F3N3O3S. The van der Waals surface area contributed by atoms with Crippen LogP contribution >= 0.6 is 0 Å². The van der Waals surface area contributed by atoms with E-state index in [0.29, 0.717) is 6.07 Å². The summed E-state index contributed by atoms with van der Waals surface area (Å²) in [4.78, 5) is 20.7. The van der Waals surface area contributed by atoms with Gasteiger partial charge in [0.25, 0.3) is 5.91 Å². The lowest BCUT2D eigenvalue weighted by Gasteiger charge is -2.17. The Morgan fingerprint density at radius 3 is 2.64 bits per heavy atom. The quantitative estimate of drug-likeness (QED) is 0.828. The maximum Gasteiger partial charge on any atom is 0.433 e. The van der Waals surface area contributed by atoms with E-state index in [4.69, 9.17) is 0 Å². The van der Waals surface area contributed by atoms with Gasteiger partial charge in [-0.2, -0.15) is 13.2 Å². The van der Waals surface area contributed by atoms with E-state index >= 15 is 0 Å². The molecule has 0 atom stereocenters. The second-order valence-corrected chi connectivity index (χ2v) is 7.59. The third kappa shape index (κ3) is 2.97. The van der Waals surface area contributed by atoms with Gasteiger partial charge in [-0.05, 0) is 18.2 Å². The number of rotatable bonds is 3. The SMILES string of the molecule is CCS(=O)(=O)c1cccnc1N1Cc2cnc(C(F)(F)F)cc2C1=O. The number of pyridine rings is 2. The first-order valence-corrected chi connectivity index (χ1v) is 8.86. The molecule has 0 saturated carbocycles. The number of amides is 1. The zero-order chi connectivity index (χ0) is 18.4. The highest BCUT2D eigenvalue weighted by molar-refractivity contribution is 7.91. The molecule has 0 aliphatic carbocycles. The van der Waals surface area contributed by atoms with Gasteiger partial charge < -0.3 is 0 Å². The molecule has 0 spiro atoms. The van der Waals surface area contributed by atoms with Gasteiger partial charge in [0.15, 0.2) is 15.7 Å². The predicted molar refractivity (Wildman–Crippen MR) is 81.7 cm³/mol. The van der Waals surface area contributed by atoms with Gasteiger partial charge in [0.05, 0.1) is 12.3 Å². The Hall–Kier alpha value is -2.49. The number of carbonyl (C=O) groups excluding carboxylic acids is 1. The normalized spacial score (nSPS) is 14.7. The van der Waals surface area contributed by atoms with E-state index in [1.807, 2.05) is 0 Å². The molecule has 10 heteroatoms. The Bertz CT molecular complexity index is 958. The van der Waals surface area contributed by atoms with Crippen LogP contribution in [-0.2, 0) is 22.6 Å². The van der Waals surface area contributed by atoms with Crippen LogP contribution < -0.4 is 4.90 Å². The van der Waals surface area contributed by atoms with Crippen molar-refractivity contribution in [3.05, 3.63) is 47.4 Å². The minimum Gasteiger partial charge on any atom is -0.287 e. The number of aromatic nitrogens is 2. The van der Waals surface area contributed by atoms with Crippen molar-refractivity contribution in [2.24, 2.45) is 0 Å². The first-order chi connectivity index (χ1) is 11.6. The van der Waals surface area contributed by atoms with Gasteiger partial charge in [-0.3, -0.25) is 14.7 Å². The minimum atomic E-state index is -4.68. The van der Waals surface area contributed by atoms with Crippen LogP contribution in [0.5, 0.6) is 0 Å². The average molecular weight is 371 g/mol. The zero-order valence-electron chi connectivity index (χ0n) is 12.9. The number of sulfone groups is 1. The molecule has 0 unspecified atom stereocenters. The summed E-state index contributed by atoms with van der Waals surface area (Å²) in [5.41, 5.74) is -1.06. The highest BCUT2D eigenvalue weighted by Gasteiger charge is 2.38. The summed E-state index contributed by atoms with van der Waals surface area (Å²) in [5, 5.41) is 0. The van der Waals surface area contributed by atoms with Gasteiger partial charge >= 0.3 is 6.18 Å². The van der Waals surface area contributed by atoms with Crippen LogP contribution in [0.25, 0.3) is 0 Å². The summed E-state index contributed by atoms with van der Waals surface area (Å²) in [6.45, 7) is 1.36. The van der Waals surface area contributed by atoms with Crippen molar-refractivity contribution < 1.29 is 26.4 Å². The van der Waals surface area contributed by atoms with Gasteiger partial charge in [0, 0.05) is 23.5 Å². The summed E-state index contributed by atoms with van der Waals surface area (Å²) in [6.07, 6.45) is -2.38. The third-order valence-electron chi connectivity index (χ3n) is 3.80. The predicted octanol–water partition coefficient (Wildman–Crippen LogP) is 2.45. The molecule has 6 nitrogen and oxygen atoms in total. The Morgan fingerprint density at radius 1 is 1.28 bits per heavy atom. The van der Waals surface area contributed by atoms with Gasteiger partial charge in [0.2, 0.25) is 0 Å². The number of halogens is 3. The molecule has 1 aliphatic rings. The molecule has 3 rings (SSSR count). The van der Waals surface area contributed by atoms with Crippen LogP contribution in [0.2, 0.25) is 0 Å². The fraction of sp³-hybridized carbons (Fsp3) is 0.267. The van der Waals surface area contributed by atoms with Crippen molar-refractivity contribution in [3.63, 3.8) is 0 Å². The monoisotopic (exact) mass is 371 g/mol. The van der Waals surface area contributed by atoms with Crippen LogP contribution in [0, 0.1) is 0 Å².